The van der Waals surface area contributed by atoms with E-state index in [4.69, 9.17) is 0 Å². The molecular weight excluding hydrogens is 272 g/mol. The van der Waals surface area contributed by atoms with E-state index in [-0.39, 0.29) is 23.8 Å². The Balaban J connectivity index is 2.16. The molecule has 0 aliphatic carbocycles. The summed E-state index contributed by atoms with van der Waals surface area (Å²) in [6, 6.07) is 6.41. The fourth-order valence-electron chi connectivity index (χ4n) is 2.65. The highest BCUT2D eigenvalue weighted by Crippen LogP contribution is 2.31. The molecule has 1 aromatic carbocycles. The summed E-state index contributed by atoms with van der Waals surface area (Å²) in [5, 5.41) is 12.0. The van der Waals surface area contributed by atoms with E-state index in [9.17, 15) is 19.5 Å². The maximum atomic E-state index is 12.0. The third-order valence-electron chi connectivity index (χ3n) is 3.65. The van der Waals surface area contributed by atoms with Gasteiger partial charge in [0.05, 0.1) is 17.0 Å². The van der Waals surface area contributed by atoms with Gasteiger partial charge in [0.15, 0.2) is 0 Å². The second-order valence-electron chi connectivity index (χ2n) is 4.91. The Morgan fingerprint density at radius 3 is 2.81 bits per heavy atom. The largest absolute Gasteiger partial charge is 0.478 e. The first-order valence-electron chi connectivity index (χ1n) is 6.52. The molecule has 1 aliphatic rings. The maximum Gasteiger partial charge on any atom is 0.336 e. The van der Waals surface area contributed by atoms with Gasteiger partial charge in [-0.1, -0.05) is 12.1 Å². The lowest BCUT2D eigenvalue weighted by atomic mass is 9.88. The summed E-state index contributed by atoms with van der Waals surface area (Å²) < 4.78 is 0. The van der Waals surface area contributed by atoms with E-state index in [0.29, 0.717) is 22.9 Å². The number of aromatic nitrogens is 1. The molecule has 0 radical (unpaired) electrons. The van der Waals surface area contributed by atoms with E-state index < -0.39 is 11.9 Å². The van der Waals surface area contributed by atoms with Crippen molar-refractivity contribution in [2.45, 2.75) is 18.8 Å². The number of pyridine rings is 1. The molecule has 21 heavy (non-hydrogen) atoms. The molecule has 2 aromatic rings. The molecule has 2 heterocycles. The number of hydrogen-bond donors (Lipinski definition) is 2. The minimum Gasteiger partial charge on any atom is -0.478 e. The molecule has 6 heteroatoms. The lowest BCUT2D eigenvalue weighted by Crippen LogP contribution is -2.39. The average molecular weight is 284 g/mol. The molecule has 6 nitrogen and oxygen atoms in total. The van der Waals surface area contributed by atoms with Gasteiger partial charge < -0.3 is 5.11 Å². The number of aromatic carboxylic acids is 1. The molecule has 0 bridgehead atoms. The van der Waals surface area contributed by atoms with Gasteiger partial charge in [0, 0.05) is 18.0 Å². The van der Waals surface area contributed by atoms with Crippen LogP contribution >= 0.6 is 0 Å². The number of fused-ring (bicyclic) bond motifs is 1. The van der Waals surface area contributed by atoms with Crippen molar-refractivity contribution < 1.29 is 19.5 Å². The van der Waals surface area contributed by atoms with Crippen molar-refractivity contribution in [2.24, 2.45) is 0 Å². The zero-order chi connectivity index (χ0) is 15.0. The summed E-state index contributed by atoms with van der Waals surface area (Å²) in [6.45, 7) is 0. The summed E-state index contributed by atoms with van der Waals surface area (Å²) in [5.41, 5.74) is 1.29. The standard InChI is InChI=1S/C15H12N2O4/c18-12-6-5-10(14(19)17-12)9-3-4-11(15(20)21)8-2-1-7-16-13(8)9/h1-4,7,10H,5-6H2,(H,20,21)(H,17,18,19). The van der Waals surface area contributed by atoms with Crippen molar-refractivity contribution in [1.82, 2.24) is 10.3 Å². The number of amides is 2. The van der Waals surface area contributed by atoms with Crippen LogP contribution in [0, 0.1) is 0 Å². The van der Waals surface area contributed by atoms with Gasteiger partial charge in [-0.15, -0.1) is 0 Å². The molecule has 1 saturated heterocycles. The summed E-state index contributed by atoms with van der Waals surface area (Å²) in [4.78, 5) is 38.7. The molecule has 1 atom stereocenters. The Morgan fingerprint density at radius 2 is 2.10 bits per heavy atom. The summed E-state index contributed by atoms with van der Waals surface area (Å²) in [5.74, 6) is -2.16. The van der Waals surface area contributed by atoms with Crippen LogP contribution in [0.5, 0.6) is 0 Å². The van der Waals surface area contributed by atoms with Crippen LogP contribution in [0.2, 0.25) is 0 Å². The Labute approximate surface area is 119 Å². The number of rotatable bonds is 2. The molecule has 1 fully saturated rings. The summed E-state index contributed by atoms with van der Waals surface area (Å²) in [6.07, 6.45) is 2.23. The Bertz CT molecular complexity index is 769. The van der Waals surface area contributed by atoms with Crippen LogP contribution in [0.3, 0.4) is 0 Å². The second kappa shape index (κ2) is 4.97. The van der Waals surface area contributed by atoms with Crippen LogP contribution in [-0.4, -0.2) is 27.9 Å². The minimum atomic E-state index is -1.04. The SMILES string of the molecule is O=C1CCC(c2ccc(C(=O)O)c3cccnc23)C(=O)N1. The number of carboxylic acid groups (broad SMARTS) is 1. The average Bonchev–Trinajstić information content (AvgIpc) is 2.46. The summed E-state index contributed by atoms with van der Waals surface area (Å²) in [7, 11) is 0. The zero-order valence-electron chi connectivity index (χ0n) is 11.0. The number of hydrogen-bond acceptors (Lipinski definition) is 4. The van der Waals surface area contributed by atoms with Crippen LogP contribution in [0.25, 0.3) is 10.9 Å². The third kappa shape index (κ3) is 2.24. The van der Waals surface area contributed by atoms with Crippen LogP contribution < -0.4 is 5.32 Å². The number of carboxylic acids is 1. The predicted octanol–water partition coefficient (Wildman–Crippen LogP) is 1.45. The highest BCUT2D eigenvalue weighted by Gasteiger charge is 2.30. The van der Waals surface area contributed by atoms with Crippen LogP contribution in [0.1, 0.15) is 34.7 Å². The van der Waals surface area contributed by atoms with Crippen molar-refractivity contribution in [3.63, 3.8) is 0 Å². The van der Waals surface area contributed by atoms with Crippen molar-refractivity contribution >= 4 is 28.7 Å². The van der Waals surface area contributed by atoms with Crippen LogP contribution in [-0.2, 0) is 9.59 Å². The van der Waals surface area contributed by atoms with Crippen LogP contribution in [0.4, 0.5) is 0 Å². The van der Waals surface area contributed by atoms with Gasteiger partial charge in [0.25, 0.3) is 0 Å². The van der Waals surface area contributed by atoms with E-state index in [0.717, 1.165) is 0 Å². The molecule has 3 rings (SSSR count). The number of nitrogens with zero attached hydrogens (tertiary/aromatic N) is 1. The molecular formula is C15H12N2O4. The smallest absolute Gasteiger partial charge is 0.336 e. The number of nitrogens with one attached hydrogen (secondary N) is 1. The number of carbonyl (C=O) groups excluding carboxylic acids is 2. The monoisotopic (exact) mass is 284 g/mol. The fraction of sp³-hybridized carbons (Fsp3) is 0.200. The number of piperidine rings is 1. The number of benzene rings is 1. The lowest BCUT2D eigenvalue weighted by Gasteiger charge is -2.22. The molecule has 1 aromatic heterocycles. The predicted molar refractivity (Wildman–Crippen MR) is 73.8 cm³/mol. The van der Waals surface area contributed by atoms with Gasteiger partial charge in [0.2, 0.25) is 11.8 Å². The van der Waals surface area contributed by atoms with Gasteiger partial charge in [-0.25, -0.2) is 4.79 Å². The van der Waals surface area contributed by atoms with E-state index in [1.165, 1.54) is 6.07 Å². The molecule has 2 amide bonds. The topological polar surface area (TPSA) is 96.4 Å². The number of imide groups is 1. The first-order valence-corrected chi connectivity index (χ1v) is 6.52. The van der Waals surface area contributed by atoms with Gasteiger partial charge in [-0.3, -0.25) is 19.9 Å². The van der Waals surface area contributed by atoms with Crippen LogP contribution in [0.15, 0.2) is 30.5 Å². The van der Waals surface area contributed by atoms with Gasteiger partial charge in [-0.05, 0) is 24.1 Å². The maximum absolute atomic E-state index is 12.0. The third-order valence-corrected chi connectivity index (χ3v) is 3.65. The lowest BCUT2D eigenvalue weighted by molar-refractivity contribution is -0.134. The molecule has 2 N–H and O–H groups in total. The van der Waals surface area contributed by atoms with Gasteiger partial charge in [0.1, 0.15) is 0 Å². The van der Waals surface area contributed by atoms with Gasteiger partial charge >= 0.3 is 5.97 Å². The molecule has 0 spiro atoms. The summed E-state index contributed by atoms with van der Waals surface area (Å²) >= 11 is 0. The molecule has 106 valence electrons. The van der Waals surface area contributed by atoms with Crippen molar-refractivity contribution in [3.05, 3.63) is 41.6 Å². The highest BCUT2D eigenvalue weighted by molar-refractivity contribution is 6.06. The quantitative estimate of drug-likeness (QED) is 0.814. The first-order chi connectivity index (χ1) is 10.1. The normalized spacial score (nSPS) is 18.6. The van der Waals surface area contributed by atoms with E-state index >= 15 is 0 Å². The fourth-order valence-corrected chi connectivity index (χ4v) is 2.65. The molecule has 1 aliphatic heterocycles. The van der Waals surface area contributed by atoms with Crippen molar-refractivity contribution in [3.8, 4) is 0 Å². The Kier molecular flexibility index (Phi) is 3.13. The molecule has 0 saturated carbocycles. The van der Waals surface area contributed by atoms with Gasteiger partial charge in [-0.2, -0.15) is 0 Å². The minimum absolute atomic E-state index is 0.147. The Morgan fingerprint density at radius 1 is 1.29 bits per heavy atom. The first kappa shape index (κ1) is 13.2. The van der Waals surface area contributed by atoms with E-state index in [1.54, 1.807) is 24.4 Å². The van der Waals surface area contributed by atoms with E-state index in [2.05, 4.69) is 10.3 Å². The Hall–Kier alpha value is -2.76. The van der Waals surface area contributed by atoms with Crippen molar-refractivity contribution in [1.29, 1.82) is 0 Å². The highest BCUT2D eigenvalue weighted by atomic mass is 16.4. The zero-order valence-corrected chi connectivity index (χ0v) is 11.0. The number of carbonyl (C=O) groups is 3. The molecule has 1 unspecified atom stereocenters. The second-order valence-corrected chi connectivity index (χ2v) is 4.91. The van der Waals surface area contributed by atoms with E-state index in [1.807, 2.05) is 0 Å². The van der Waals surface area contributed by atoms with Crippen molar-refractivity contribution in [2.75, 3.05) is 0 Å².